The molecular formula is C22H12O6-2. The highest BCUT2D eigenvalue weighted by atomic mass is 16.4. The number of hydrogen-bond donors (Lipinski definition) is 2. The molecule has 6 nitrogen and oxygen atoms in total. The lowest BCUT2D eigenvalue weighted by atomic mass is 9.89. The maximum Gasteiger partial charge on any atom is 0.335 e. The Morgan fingerprint density at radius 2 is 1.00 bits per heavy atom. The minimum Gasteiger partial charge on any atom is -0.871 e. The molecule has 0 aliphatic rings. The van der Waals surface area contributed by atoms with Crippen molar-refractivity contribution >= 4 is 33.5 Å². The molecule has 0 atom stereocenters. The van der Waals surface area contributed by atoms with Crippen molar-refractivity contribution in [1.82, 2.24) is 0 Å². The largest absolute Gasteiger partial charge is 0.871 e. The third-order valence-electron chi connectivity index (χ3n) is 4.71. The smallest absolute Gasteiger partial charge is 0.335 e. The molecule has 0 unspecified atom stereocenters. The lowest BCUT2D eigenvalue weighted by molar-refractivity contribution is -0.271. The molecule has 0 bridgehead atoms. The first-order chi connectivity index (χ1) is 13.4. The average Bonchev–Trinajstić information content (AvgIpc) is 2.67. The molecular weight excluding hydrogens is 360 g/mol. The number of aromatic carboxylic acids is 2. The third-order valence-corrected chi connectivity index (χ3v) is 4.71. The first-order valence-electron chi connectivity index (χ1n) is 8.32. The normalized spacial score (nSPS) is 11.0. The van der Waals surface area contributed by atoms with E-state index in [4.69, 9.17) is 0 Å². The predicted molar refractivity (Wildman–Crippen MR) is 99.7 cm³/mol. The van der Waals surface area contributed by atoms with Crippen molar-refractivity contribution in [1.29, 1.82) is 0 Å². The topological polar surface area (TPSA) is 121 Å². The molecule has 0 aliphatic heterocycles. The minimum absolute atomic E-state index is 0.0974. The second-order valence-corrected chi connectivity index (χ2v) is 6.31. The van der Waals surface area contributed by atoms with Gasteiger partial charge in [0, 0.05) is 0 Å². The zero-order valence-corrected chi connectivity index (χ0v) is 14.3. The van der Waals surface area contributed by atoms with Gasteiger partial charge in [-0.05, 0) is 44.8 Å². The Hall–Kier alpha value is -4.06. The molecule has 4 rings (SSSR count). The van der Waals surface area contributed by atoms with Crippen LogP contribution in [0.1, 0.15) is 20.7 Å². The van der Waals surface area contributed by atoms with Crippen LogP contribution in [0.2, 0.25) is 0 Å². The summed E-state index contributed by atoms with van der Waals surface area (Å²) in [5.41, 5.74) is -1.14. The van der Waals surface area contributed by atoms with Crippen LogP contribution in [0, 0.1) is 0 Å². The summed E-state index contributed by atoms with van der Waals surface area (Å²) in [6.45, 7) is 0. The van der Waals surface area contributed by atoms with Crippen molar-refractivity contribution in [2.75, 3.05) is 0 Å². The van der Waals surface area contributed by atoms with Crippen molar-refractivity contribution in [3.05, 3.63) is 71.8 Å². The number of hydrogen-bond acceptors (Lipinski definition) is 4. The molecule has 0 saturated heterocycles. The van der Waals surface area contributed by atoms with Crippen LogP contribution in [0.15, 0.2) is 60.7 Å². The van der Waals surface area contributed by atoms with Gasteiger partial charge in [-0.3, -0.25) is 0 Å². The molecule has 0 aliphatic carbocycles. The van der Waals surface area contributed by atoms with Gasteiger partial charge in [0.25, 0.3) is 0 Å². The monoisotopic (exact) mass is 372 g/mol. The molecule has 0 aromatic heterocycles. The fourth-order valence-electron chi connectivity index (χ4n) is 3.47. The Morgan fingerprint density at radius 1 is 0.643 bits per heavy atom. The SMILES string of the molecule is O=C(O)c1cc2ccccc2c(-c2c([O-])c(C(=O)O)cc3ccccc23)c1[O-]. The average molecular weight is 372 g/mol. The summed E-state index contributed by atoms with van der Waals surface area (Å²) in [5, 5.41) is 46.7. The number of benzene rings is 4. The zero-order valence-electron chi connectivity index (χ0n) is 14.3. The second-order valence-electron chi connectivity index (χ2n) is 6.31. The van der Waals surface area contributed by atoms with Crippen LogP contribution in [0.25, 0.3) is 32.7 Å². The predicted octanol–water partition coefficient (Wildman–Crippen LogP) is 3.20. The molecule has 0 spiro atoms. The Morgan fingerprint density at radius 3 is 1.36 bits per heavy atom. The van der Waals surface area contributed by atoms with Gasteiger partial charge in [0.2, 0.25) is 0 Å². The van der Waals surface area contributed by atoms with Crippen LogP contribution in [0.5, 0.6) is 11.5 Å². The minimum atomic E-state index is -1.41. The van der Waals surface area contributed by atoms with Crippen molar-refractivity contribution in [2.45, 2.75) is 0 Å². The summed E-state index contributed by atoms with van der Waals surface area (Å²) in [5.74, 6) is -4.47. The van der Waals surface area contributed by atoms with Crippen molar-refractivity contribution in [2.24, 2.45) is 0 Å². The van der Waals surface area contributed by atoms with Gasteiger partial charge in [-0.1, -0.05) is 60.0 Å². The van der Waals surface area contributed by atoms with Crippen LogP contribution in [0.4, 0.5) is 0 Å². The summed E-state index contributed by atoms with van der Waals surface area (Å²) in [6.07, 6.45) is 0. The standard InChI is InChI=1S/C22H14O6/c23-19-15(21(25)26)9-11-5-1-3-7-13(11)17(19)18-14-8-4-2-6-12(14)10-16(20(18)24)22(27)28/h1-10,23-24H,(H,25,26)(H,27,28)/p-2. The van der Waals surface area contributed by atoms with E-state index in [1.54, 1.807) is 48.5 Å². The van der Waals surface area contributed by atoms with Crippen LogP contribution in [-0.4, -0.2) is 22.2 Å². The van der Waals surface area contributed by atoms with Crippen molar-refractivity contribution < 1.29 is 30.0 Å². The van der Waals surface area contributed by atoms with E-state index in [9.17, 15) is 30.0 Å². The third kappa shape index (κ3) is 2.51. The van der Waals surface area contributed by atoms with E-state index in [-0.39, 0.29) is 11.1 Å². The summed E-state index contributed by atoms with van der Waals surface area (Å²) < 4.78 is 0. The molecule has 138 valence electrons. The van der Waals surface area contributed by atoms with E-state index >= 15 is 0 Å². The molecule has 0 saturated carbocycles. The quantitative estimate of drug-likeness (QED) is 0.570. The summed E-state index contributed by atoms with van der Waals surface area (Å²) in [4.78, 5) is 23.2. The number of carbonyl (C=O) groups is 2. The highest BCUT2D eigenvalue weighted by Crippen LogP contribution is 2.45. The number of carboxylic acids is 2. The molecule has 4 aromatic rings. The Bertz CT molecular complexity index is 1190. The first kappa shape index (κ1) is 17.4. The maximum atomic E-state index is 13.0. The fraction of sp³-hybridized carbons (Fsp3) is 0. The molecule has 0 fully saturated rings. The molecule has 6 heteroatoms. The van der Waals surface area contributed by atoms with Crippen molar-refractivity contribution in [3.63, 3.8) is 0 Å². The Labute approximate surface area is 158 Å². The highest BCUT2D eigenvalue weighted by Gasteiger charge is 2.18. The van der Waals surface area contributed by atoms with Gasteiger partial charge >= 0.3 is 11.9 Å². The number of fused-ring (bicyclic) bond motifs is 2. The summed E-state index contributed by atoms with van der Waals surface area (Å²) in [6, 6.07) is 15.7. The van der Waals surface area contributed by atoms with Gasteiger partial charge < -0.3 is 20.4 Å². The molecule has 0 heterocycles. The molecule has 4 aromatic carbocycles. The van der Waals surface area contributed by atoms with E-state index in [0.717, 1.165) is 0 Å². The van der Waals surface area contributed by atoms with E-state index in [0.29, 0.717) is 21.5 Å². The van der Waals surface area contributed by atoms with Crippen LogP contribution < -0.4 is 10.2 Å². The van der Waals surface area contributed by atoms with Crippen LogP contribution in [-0.2, 0) is 0 Å². The molecule has 28 heavy (non-hydrogen) atoms. The van der Waals surface area contributed by atoms with Gasteiger partial charge in [0.1, 0.15) is 0 Å². The van der Waals surface area contributed by atoms with E-state index in [1.807, 2.05) is 0 Å². The van der Waals surface area contributed by atoms with Gasteiger partial charge in [0.15, 0.2) is 0 Å². The van der Waals surface area contributed by atoms with Gasteiger partial charge in [-0.25, -0.2) is 9.59 Å². The summed E-state index contributed by atoms with van der Waals surface area (Å²) >= 11 is 0. The zero-order chi connectivity index (χ0) is 20.0. The van der Waals surface area contributed by atoms with Crippen LogP contribution in [0.3, 0.4) is 0 Å². The fourth-order valence-corrected chi connectivity index (χ4v) is 3.47. The number of rotatable bonds is 3. The van der Waals surface area contributed by atoms with E-state index in [2.05, 4.69) is 0 Å². The Kier molecular flexibility index (Phi) is 3.89. The van der Waals surface area contributed by atoms with Crippen molar-refractivity contribution in [3.8, 4) is 22.6 Å². The maximum absolute atomic E-state index is 13.0. The Balaban J connectivity index is 2.28. The lowest BCUT2D eigenvalue weighted by Crippen LogP contribution is -2.10. The lowest BCUT2D eigenvalue weighted by Gasteiger charge is -2.26. The molecule has 0 amide bonds. The second kappa shape index (κ2) is 6.28. The summed E-state index contributed by atoms with van der Waals surface area (Å²) in [7, 11) is 0. The molecule has 0 radical (unpaired) electrons. The molecule has 2 N–H and O–H groups in total. The van der Waals surface area contributed by atoms with Gasteiger partial charge in [-0.2, -0.15) is 0 Å². The first-order valence-corrected chi connectivity index (χ1v) is 8.32. The van der Waals surface area contributed by atoms with E-state index < -0.39 is 34.6 Å². The van der Waals surface area contributed by atoms with Gasteiger partial charge in [0.05, 0.1) is 11.1 Å². The highest BCUT2D eigenvalue weighted by molar-refractivity contribution is 6.15. The van der Waals surface area contributed by atoms with E-state index in [1.165, 1.54) is 12.1 Å². The number of carboxylic acid groups (broad SMARTS) is 2. The van der Waals surface area contributed by atoms with Gasteiger partial charge in [-0.15, -0.1) is 0 Å². The van der Waals surface area contributed by atoms with Crippen LogP contribution >= 0.6 is 0 Å².